The molecule has 0 saturated carbocycles. The smallest absolute Gasteiger partial charge is 0.255 e. The molecule has 3 aromatic rings. The molecule has 1 heterocycles. The molecule has 0 aliphatic heterocycles. The maximum Gasteiger partial charge on any atom is 0.255 e. The second kappa shape index (κ2) is 7.84. The Labute approximate surface area is 153 Å². The minimum Gasteiger partial charge on any atom is -0.319 e. The summed E-state index contributed by atoms with van der Waals surface area (Å²) < 4.78 is 13.7. The van der Waals surface area contributed by atoms with E-state index in [-0.39, 0.29) is 28.7 Å². The summed E-state index contributed by atoms with van der Waals surface area (Å²) >= 11 is 5.71. The van der Waals surface area contributed by atoms with Gasteiger partial charge in [-0.15, -0.1) is 0 Å². The van der Waals surface area contributed by atoms with Crippen molar-refractivity contribution < 1.29 is 14.0 Å². The summed E-state index contributed by atoms with van der Waals surface area (Å²) in [5.41, 5.74) is 1.15. The van der Waals surface area contributed by atoms with Gasteiger partial charge in [-0.05, 0) is 41.9 Å². The number of hydrogen-bond acceptors (Lipinski definition) is 4. The van der Waals surface area contributed by atoms with Crippen LogP contribution in [0.4, 0.5) is 10.1 Å². The Balaban J connectivity index is 1.76. The topological polar surface area (TPSA) is 72.0 Å². The van der Waals surface area contributed by atoms with Crippen LogP contribution in [0.1, 0.15) is 26.4 Å². The minimum absolute atomic E-state index is 0.0284. The number of halogens is 2. The Morgan fingerprint density at radius 3 is 2.58 bits per heavy atom. The van der Waals surface area contributed by atoms with E-state index in [1.807, 2.05) is 0 Å². The Bertz CT molecular complexity index is 978. The summed E-state index contributed by atoms with van der Waals surface area (Å²) in [6.45, 7) is 0. The van der Waals surface area contributed by atoms with E-state index >= 15 is 0 Å². The Morgan fingerprint density at radius 2 is 1.81 bits per heavy atom. The predicted molar refractivity (Wildman–Crippen MR) is 95.9 cm³/mol. The summed E-state index contributed by atoms with van der Waals surface area (Å²) in [5, 5.41) is 2.55. The van der Waals surface area contributed by atoms with Gasteiger partial charge in [0.2, 0.25) is 5.28 Å². The molecule has 130 valence electrons. The second-order valence-electron chi connectivity index (χ2n) is 5.43. The zero-order chi connectivity index (χ0) is 18.5. The molecule has 2 aromatic carbocycles. The van der Waals surface area contributed by atoms with E-state index in [0.717, 1.165) is 0 Å². The summed E-state index contributed by atoms with van der Waals surface area (Å²) in [4.78, 5) is 32.5. The van der Waals surface area contributed by atoms with Gasteiger partial charge in [0.15, 0.2) is 5.78 Å². The van der Waals surface area contributed by atoms with Gasteiger partial charge in [-0.3, -0.25) is 9.59 Å². The largest absolute Gasteiger partial charge is 0.319 e. The van der Waals surface area contributed by atoms with Gasteiger partial charge in [-0.2, -0.15) is 0 Å². The Kier molecular flexibility index (Phi) is 5.34. The van der Waals surface area contributed by atoms with E-state index in [4.69, 9.17) is 11.6 Å². The molecule has 0 unspecified atom stereocenters. The molecule has 0 atom stereocenters. The third kappa shape index (κ3) is 4.29. The molecular weight excluding hydrogens is 357 g/mol. The predicted octanol–water partition coefficient (Wildman–Crippen LogP) is 3.95. The molecule has 0 spiro atoms. The van der Waals surface area contributed by atoms with E-state index in [0.29, 0.717) is 11.3 Å². The SMILES string of the molecule is O=C(Cc1ccnc(Cl)n1)c1cccc(C(=O)Nc2ccccc2F)c1. The number of aromatic nitrogens is 2. The van der Waals surface area contributed by atoms with Crippen molar-refractivity contribution in [1.29, 1.82) is 0 Å². The van der Waals surface area contributed by atoms with Crippen LogP contribution in [-0.4, -0.2) is 21.7 Å². The summed E-state index contributed by atoms with van der Waals surface area (Å²) in [5.74, 6) is -1.26. The molecule has 0 aliphatic rings. The number of benzene rings is 2. The highest BCUT2D eigenvalue weighted by Crippen LogP contribution is 2.15. The average Bonchev–Trinajstić information content (AvgIpc) is 2.63. The lowest BCUT2D eigenvalue weighted by atomic mass is 10.0. The van der Waals surface area contributed by atoms with Crippen molar-refractivity contribution in [3.8, 4) is 0 Å². The molecule has 0 bridgehead atoms. The number of ketones is 1. The molecule has 0 radical (unpaired) electrons. The van der Waals surface area contributed by atoms with Crippen LogP contribution in [0.3, 0.4) is 0 Å². The number of nitrogens with one attached hydrogen (secondary N) is 1. The van der Waals surface area contributed by atoms with Crippen LogP contribution >= 0.6 is 11.6 Å². The van der Waals surface area contributed by atoms with E-state index in [9.17, 15) is 14.0 Å². The molecule has 1 N–H and O–H groups in total. The van der Waals surface area contributed by atoms with Crippen LogP contribution in [0, 0.1) is 5.82 Å². The van der Waals surface area contributed by atoms with Gasteiger partial charge >= 0.3 is 0 Å². The van der Waals surface area contributed by atoms with Crippen LogP contribution in [0.25, 0.3) is 0 Å². The molecule has 0 fully saturated rings. The molecule has 5 nitrogen and oxygen atoms in total. The fourth-order valence-corrected chi connectivity index (χ4v) is 2.49. The fourth-order valence-electron chi connectivity index (χ4n) is 2.33. The lowest BCUT2D eigenvalue weighted by Gasteiger charge is -2.07. The van der Waals surface area contributed by atoms with Crippen LogP contribution in [0.5, 0.6) is 0 Å². The highest BCUT2D eigenvalue weighted by molar-refractivity contribution is 6.28. The number of amides is 1. The van der Waals surface area contributed by atoms with E-state index in [1.54, 1.807) is 30.3 Å². The van der Waals surface area contributed by atoms with Crippen LogP contribution in [0.15, 0.2) is 60.8 Å². The zero-order valence-electron chi connectivity index (χ0n) is 13.4. The van der Waals surface area contributed by atoms with Crippen molar-refractivity contribution in [3.05, 3.63) is 88.7 Å². The lowest BCUT2D eigenvalue weighted by Crippen LogP contribution is -2.14. The maximum atomic E-state index is 13.7. The number of para-hydroxylation sites is 1. The Hall–Kier alpha value is -3.12. The first-order valence-corrected chi connectivity index (χ1v) is 8.07. The zero-order valence-corrected chi connectivity index (χ0v) is 14.2. The first-order chi connectivity index (χ1) is 12.5. The quantitative estimate of drug-likeness (QED) is 0.546. The average molecular weight is 370 g/mol. The van der Waals surface area contributed by atoms with Crippen LogP contribution in [0.2, 0.25) is 5.28 Å². The normalized spacial score (nSPS) is 10.4. The number of carbonyl (C=O) groups excluding carboxylic acids is 2. The van der Waals surface area contributed by atoms with Gasteiger partial charge in [0.05, 0.1) is 17.8 Å². The summed E-state index contributed by atoms with van der Waals surface area (Å²) in [6.07, 6.45) is 1.50. The van der Waals surface area contributed by atoms with Gasteiger partial charge in [-0.25, -0.2) is 14.4 Å². The van der Waals surface area contributed by atoms with E-state index in [2.05, 4.69) is 15.3 Å². The van der Waals surface area contributed by atoms with Crippen molar-refractivity contribution in [2.24, 2.45) is 0 Å². The number of rotatable bonds is 5. The van der Waals surface area contributed by atoms with Crippen molar-refractivity contribution in [2.45, 2.75) is 6.42 Å². The lowest BCUT2D eigenvalue weighted by molar-refractivity contribution is 0.0992. The number of carbonyl (C=O) groups is 2. The second-order valence-corrected chi connectivity index (χ2v) is 5.77. The van der Waals surface area contributed by atoms with Crippen molar-refractivity contribution >= 4 is 29.0 Å². The molecule has 1 amide bonds. The number of hydrogen-bond donors (Lipinski definition) is 1. The molecule has 1 aromatic heterocycles. The fraction of sp³-hybridized carbons (Fsp3) is 0.0526. The third-order valence-electron chi connectivity index (χ3n) is 3.59. The molecular formula is C19H13ClFN3O2. The first kappa shape index (κ1) is 17.7. The van der Waals surface area contributed by atoms with Crippen molar-refractivity contribution in [1.82, 2.24) is 9.97 Å². The molecule has 7 heteroatoms. The third-order valence-corrected chi connectivity index (χ3v) is 3.78. The van der Waals surface area contributed by atoms with E-state index in [1.165, 1.54) is 30.5 Å². The highest BCUT2D eigenvalue weighted by atomic mass is 35.5. The number of anilines is 1. The van der Waals surface area contributed by atoms with Crippen molar-refractivity contribution in [2.75, 3.05) is 5.32 Å². The van der Waals surface area contributed by atoms with E-state index < -0.39 is 11.7 Å². The number of nitrogens with zero attached hydrogens (tertiary/aromatic N) is 2. The summed E-state index contributed by atoms with van der Waals surface area (Å²) in [7, 11) is 0. The molecule has 3 rings (SSSR count). The van der Waals surface area contributed by atoms with Gasteiger partial charge in [0, 0.05) is 17.3 Å². The standard InChI is InChI=1S/C19H13ClFN3O2/c20-19-22-9-8-14(23-19)11-17(25)12-4-3-5-13(10-12)18(26)24-16-7-2-1-6-15(16)21/h1-10H,11H2,(H,24,26). The Morgan fingerprint density at radius 1 is 1.04 bits per heavy atom. The van der Waals surface area contributed by atoms with Gasteiger partial charge in [0.1, 0.15) is 5.82 Å². The first-order valence-electron chi connectivity index (χ1n) is 7.69. The highest BCUT2D eigenvalue weighted by Gasteiger charge is 2.13. The van der Waals surface area contributed by atoms with Crippen LogP contribution < -0.4 is 5.32 Å². The van der Waals surface area contributed by atoms with Gasteiger partial charge in [0.25, 0.3) is 5.91 Å². The number of Topliss-reactive ketones (excluding diaryl/α,β-unsaturated/α-hetero) is 1. The van der Waals surface area contributed by atoms with Crippen LogP contribution in [-0.2, 0) is 6.42 Å². The molecule has 0 saturated heterocycles. The van der Waals surface area contributed by atoms with Crippen molar-refractivity contribution in [3.63, 3.8) is 0 Å². The minimum atomic E-state index is -0.534. The maximum absolute atomic E-state index is 13.7. The molecule has 0 aliphatic carbocycles. The van der Waals surface area contributed by atoms with Gasteiger partial charge < -0.3 is 5.32 Å². The monoisotopic (exact) mass is 369 g/mol. The summed E-state index contributed by atoms with van der Waals surface area (Å²) in [6, 6.07) is 13.7. The van der Waals surface area contributed by atoms with Gasteiger partial charge in [-0.1, -0.05) is 24.3 Å². The molecule has 26 heavy (non-hydrogen) atoms.